The van der Waals surface area contributed by atoms with Gasteiger partial charge in [0, 0.05) is 15.0 Å². The number of nitro groups is 1. The van der Waals surface area contributed by atoms with Crippen LogP contribution in [0.25, 0.3) is 0 Å². The number of rotatable bonds is 4. The number of hydrogen-bond donors (Lipinski definition) is 0. The first-order valence-corrected chi connectivity index (χ1v) is 8.31. The minimum Gasteiger partial charge on any atom is -0.485 e. The second-order valence-electron chi connectivity index (χ2n) is 5.02. The molecule has 1 aromatic carbocycles. The Morgan fingerprint density at radius 3 is 2.38 bits per heavy atom. The van der Waals surface area contributed by atoms with E-state index in [0.29, 0.717) is 20.3 Å². The molecule has 0 aromatic heterocycles. The van der Waals surface area contributed by atoms with Crippen LogP contribution in [0.1, 0.15) is 11.5 Å². The number of carbonyl (C=O) groups excluding carboxylic acids is 2. The van der Waals surface area contributed by atoms with Gasteiger partial charge in [0.1, 0.15) is 5.75 Å². The van der Waals surface area contributed by atoms with E-state index in [0.717, 1.165) is 14.2 Å². The summed E-state index contributed by atoms with van der Waals surface area (Å²) in [5, 5.41) is 11.5. The second kappa shape index (κ2) is 7.47. The summed E-state index contributed by atoms with van der Waals surface area (Å²) in [7, 11) is 2.22. The summed E-state index contributed by atoms with van der Waals surface area (Å²) in [6, 6.07) is 1.98. The summed E-state index contributed by atoms with van der Waals surface area (Å²) in [5.41, 5.74) is 0.352. The summed E-state index contributed by atoms with van der Waals surface area (Å²) in [5.74, 6) is -4.01. The van der Waals surface area contributed by atoms with Crippen LogP contribution < -0.4 is 4.74 Å². The van der Waals surface area contributed by atoms with Crippen molar-refractivity contribution in [1.82, 2.24) is 0 Å². The maximum Gasteiger partial charge on any atom is 0.320 e. The van der Waals surface area contributed by atoms with Crippen LogP contribution in [-0.2, 0) is 19.1 Å². The third-order valence-corrected chi connectivity index (χ3v) is 4.80. The normalized spacial score (nSPS) is 19.2. The smallest absolute Gasteiger partial charge is 0.320 e. The lowest BCUT2D eigenvalue weighted by atomic mass is 9.79. The highest BCUT2D eigenvalue weighted by Crippen LogP contribution is 2.45. The Kier molecular flexibility index (Phi) is 5.81. The SMILES string of the molecule is COC(=O)C(C(=O)OC)[C@@H]1c2cc(Br)cc(Br)c2OC[C@H]1[N+](=O)[O-]. The third-order valence-electron chi connectivity index (χ3n) is 3.75. The van der Waals surface area contributed by atoms with Crippen LogP contribution in [0.3, 0.4) is 0 Å². The van der Waals surface area contributed by atoms with E-state index in [9.17, 15) is 19.7 Å². The van der Waals surface area contributed by atoms with Crippen molar-refractivity contribution in [3.05, 3.63) is 36.8 Å². The lowest BCUT2D eigenvalue weighted by Gasteiger charge is -2.32. The molecule has 0 fully saturated rings. The van der Waals surface area contributed by atoms with Crippen molar-refractivity contribution >= 4 is 43.8 Å². The molecule has 10 heteroatoms. The van der Waals surface area contributed by atoms with Crippen LogP contribution in [0.2, 0.25) is 0 Å². The summed E-state index contributed by atoms with van der Waals surface area (Å²) in [4.78, 5) is 35.2. The van der Waals surface area contributed by atoms with Crippen molar-refractivity contribution in [2.45, 2.75) is 12.0 Å². The summed E-state index contributed by atoms with van der Waals surface area (Å²) in [6.45, 7) is -0.282. The molecule has 2 atom stereocenters. The number of ether oxygens (including phenoxy) is 3. The maximum absolute atomic E-state index is 12.1. The van der Waals surface area contributed by atoms with Crippen molar-refractivity contribution in [2.75, 3.05) is 20.8 Å². The quantitative estimate of drug-likeness (QED) is 0.290. The first-order chi connectivity index (χ1) is 11.3. The largest absolute Gasteiger partial charge is 0.485 e. The minimum absolute atomic E-state index is 0.282. The van der Waals surface area contributed by atoms with E-state index in [1.165, 1.54) is 0 Å². The molecule has 0 unspecified atom stereocenters. The molecular formula is C14H13Br2NO7. The monoisotopic (exact) mass is 465 g/mol. The molecule has 130 valence electrons. The molecule has 0 spiro atoms. The number of carbonyl (C=O) groups is 2. The van der Waals surface area contributed by atoms with Gasteiger partial charge in [-0.2, -0.15) is 0 Å². The Bertz CT molecular complexity index is 678. The summed E-state index contributed by atoms with van der Waals surface area (Å²) in [6.07, 6.45) is 0. The fourth-order valence-corrected chi connectivity index (χ4v) is 4.07. The number of hydrogen-bond acceptors (Lipinski definition) is 7. The van der Waals surface area contributed by atoms with Gasteiger partial charge in [-0.3, -0.25) is 19.7 Å². The van der Waals surface area contributed by atoms with Gasteiger partial charge < -0.3 is 14.2 Å². The molecule has 1 heterocycles. The van der Waals surface area contributed by atoms with Crippen molar-refractivity contribution in [3.63, 3.8) is 0 Å². The van der Waals surface area contributed by atoms with Gasteiger partial charge in [-0.1, -0.05) is 15.9 Å². The molecule has 24 heavy (non-hydrogen) atoms. The van der Waals surface area contributed by atoms with Crippen LogP contribution >= 0.6 is 31.9 Å². The Hall–Kier alpha value is -1.68. The Balaban J connectivity index is 2.67. The van der Waals surface area contributed by atoms with Crippen LogP contribution in [0.4, 0.5) is 0 Å². The highest BCUT2D eigenvalue weighted by Gasteiger charge is 2.51. The van der Waals surface area contributed by atoms with E-state index < -0.39 is 34.7 Å². The van der Waals surface area contributed by atoms with Crippen LogP contribution in [0, 0.1) is 16.0 Å². The van der Waals surface area contributed by atoms with E-state index in [1.54, 1.807) is 12.1 Å². The van der Waals surface area contributed by atoms with Crippen molar-refractivity contribution in [1.29, 1.82) is 0 Å². The molecule has 1 aliphatic rings. The van der Waals surface area contributed by atoms with Gasteiger partial charge in [0.2, 0.25) is 0 Å². The molecule has 0 saturated heterocycles. The molecule has 1 aromatic rings. The lowest BCUT2D eigenvalue weighted by Crippen LogP contribution is -2.46. The second-order valence-corrected chi connectivity index (χ2v) is 6.79. The fourth-order valence-electron chi connectivity index (χ4n) is 2.70. The predicted molar refractivity (Wildman–Crippen MR) is 88.4 cm³/mol. The third kappa shape index (κ3) is 3.39. The molecule has 2 rings (SSSR count). The minimum atomic E-state index is -1.47. The lowest BCUT2D eigenvalue weighted by molar-refractivity contribution is -0.531. The highest BCUT2D eigenvalue weighted by molar-refractivity contribution is 9.11. The Labute approximate surface area is 153 Å². The molecule has 8 nitrogen and oxygen atoms in total. The van der Waals surface area contributed by atoms with Gasteiger partial charge in [-0.05, 0) is 28.1 Å². The van der Waals surface area contributed by atoms with E-state index >= 15 is 0 Å². The number of fused-ring (bicyclic) bond motifs is 1. The van der Waals surface area contributed by atoms with Crippen LogP contribution in [-0.4, -0.2) is 43.7 Å². The molecule has 0 saturated carbocycles. The zero-order chi connectivity index (χ0) is 18.0. The predicted octanol–water partition coefficient (Wildman–Crippen LogP) is 2.30. The molecular weight excluding hydrogens is 454 g/mol. The van der Waals surface area contributed by atoms with Gasteiger partial charge in [0.05, 0.1) is 24.6 Å². The van der Waals surface area contributed by atoms with E-state index in [2.05, 4.69) is 41.3 Å². The standard InChI is InChI=1S/C14H13Br2NO7/c1-22-13(18)11(14(19)23-2)10-7-3-6(15)4-8(16)12(7)24-5-9(10)17(20)21/h3-4,9-11H,5H2,1-2H3/t9-,10-/m1/s1. The number of benzene rings is 1. The zero-order valence-electron chi connectivity index (χ0n) is 12.7. The number of methoxy groups -OCH3 is 2. The number of esters is 2. The maximum atomic E-state index is 12.1. The van der Waals surface area contributed by atoms with Crippen molar-refractivity contribution in [2.24, 2.45) is 5.92 Å². The first-order valence-electron chi connectivity index (χ1n) is 6.72. The van der Waals surface area contributed by atoms with Crippen LogP contribution in [0.5, 0.6) is 5.75 Å². The average Bonchev–Trinajstić information content (AvgIpc) is 2.54. The molecule has 1 aliphatic heterocycles. The fraction of sp³-hybridized carbons (Fsp3) is 0.429. The zero-order valence-corrected chi connectivity index (χ0v) is 15.8. The topological polar surface area (TPSA) is 105 Å². The van der Waals surface area contributed by atoms with E-state index in [4.69, 9.17) is 4.74 Å². The molecule has 0 amide bonds. The molecule has 0 radical (unpaired) electrons. The van der Waals surface area contributed by atoms with E-state index in [-0.39, 0.29) is 6.61 Å². The molecule has 0 aliphatic carbocycles. The van der Waals surface area contributed by atoms with Gasteiger partial charge in [-0.25, -0.2) is 0 Å². The van der Waals surface area contributed by atoms with Crippen molar-refractivity contribution < 1.29 is 28.7 Å². The van der Waals surface area contributed by atoms with Crippen molar-refractivity contribution in [3.8, 4) is 5.75 Å². The first kappa shape index (κ1) is 18.7. The Morgan fingerprint density at radius 1 is 1.29 bits per heavy atom. The highest BCUT2D eigenvalue weighted by atomic mass is 79.9. The van der Waals surface area contributed by atoms with Crippen LogP contribution in [0.15, 0.2) is 21.1 Å². The van der Waals surface area contributed by atoms with Gasteiger partial charge in [-0.15, -0.1) is 0 Å². The molecule has 0 bridgehead atoms. The summed E-state index contributed by atoms with van der Waals surface area (Å²) >= 11 is 6.61. The molecule has 0 N–H and O–H groups in total. The van der Waals surface area contributed by atoms with Gasteiger partial charge in [0.15, 0.2) is 12.5 Å². The average molecular weight is 467 g/mol. The van der Waals surface area contributed by atoms with Gasteiger partial charge >= 0.3 is 11.9 Å². The number of nitrogens with zero attached hydrogens (tertiary/aromatic N) is 1. The number of halogens is 2. The Morgan fingerprint density at radius 2 is 1.88 bits per heavy atom. The van der Waals surface area contributed by atoms with Gasteiger partial charge in [0.25, 0.3) is 6.04 Å². The summed E-state index contributed by atoms with van der Waals surface area (Å²) < 4.78 is 16.0. The van der Waals surface area contributed by atoms with E-state index in [1.807, 2.05) is 0 Å².